The molecule has 0 bridgehead atoms. The van der Waals surface area contributed by atoms with E-state index in [1.807, 2.05) is 30.0 Å². The molecule has 1 amide bonds. The van der Waals surface area contributed by atoms with Crippen LogP contribution < -0.4 is 5.32 Å². The lowest BCUT2D eigenvalue weighted by Gasteiger charge is -2.29. The average Bonchev–Trinajstić information content (AvgIpc) is 2.43. The number of carbonyl (C=O) groups excluding carboxylic acids is 1. The predicted molar refractivity (Wildman–Crippen MR) is 96.0 cm³/mol. The molecule has 1 N–H and O–H groups in total. The lowest BCUT2D eigenvalue weighted by molar-refractivity contribution is 0.0948. The minimum atomic E-state index is -0.00860. The monoisotopic (exact) mass is 455 g/mol. The number of halogens is 2. The number of amides is 1. The van der Waals surface area contributed by atoms with E-state index in [0.717, 1.165) is 20.9 Å². The van der Waals surface area contributed by atoms with Gasteiger partial charge in [0.2, 0.25) is 0 Å². The molecule has 0 atom stereocenters. The molecule has 0 spiro atoms. The first-order valence-corrected chi connectivity index (χ1v) is 9.36. The fourth-order valence-corrected chi connectivity index (χ4v) is 3.58. The lowest BCUT2D eigenvalue weighted by atomic mass is 10.0. The van der Waals surface area contributed by atoms with E-state index in [1.54, 1.807) is 0 Å². The second-order valence-corrected chi connectivity index (χ2v) is 7.78. The Balaban J connectivity index is 2.77. The minimum absolute atomic E-state index is 0.00860. The van der Waals surface area contributed by atoms with Crippen molar-refractivity contribution in [2.75, 3.05) is 12.8 Å². The summed E-state index contributed by atoms with van der Waals surface area (Å²) in [5.74, 6) is -0.00860. The first kappa shape index (κ1) is 17.3. The van der Waals surface area contributed by atoms with Crippen LogP contribution >= 0.6 is 50.3 Å². The highest BCUT2D eigenvalue weighted by Gasteiger charge is 2.25. The lowest BCUT2D eigenvalue weighted by Crippen LogP contribution is -2.39. The Labute approximate surface area is 141 Å². The second-order valence-electron chi connectivity index (χ2n) is 4.40. The molecule has 0 fully saturated rings. The van der Waals surface area contributed by atoms with Crippen LogP contribution in [0.1, 0.15) is 37.0 Å². The summed E-state index contributed by atoms with van der Waals surface area (Å²) in [4.78, 5) is 12.3. The highest BCUT2D eigenvalue weighted by Crippen LogP contribution is 2.29. The molecule has 106 valence electrons. The Kier molecular flexibility index (Phi) is 7.18. The number of rotatable bonds is 6. The zero-order valence-corrected chi connectivity index (χ0v) is 16.0. The molecule has 0 aromatic heterocycles. The third-order valence-electron chi connectivity index (χ3n) is 3.47. The molecule has 0 radical (unpaired) electrons. The Bertz CT molecular complexity index is 441. The van der Waals surface area contributed by atoms with Crippen LogP contribution in [0.15, 0.2) is 22.7 Å². The Hall–Kier alpha value is 0.250. The molecule has 0 aliphatic heterocycles. The summed E-state index contributed by atoms with van der Waals surface area (Å²) < 4.78 is 2.05. The van der Waals surface area contributed by atoms with Crippen LogP contribution in [-0.2, 0) is 0 Å². The Morgan fingerprint density at radius 1 is 1.42 bits per heavy atom. The fraction of sp³-hybridized carbons (Fsp3) is 0.500. The van der Waals surface area contributed by atoms with Gasteiger partial charge in [-0.15, -0.1) is 0 Å². The molecular formula is C14H19BrINOS. The van der Waals surface area contributed by atoms with Crippen LogP contribution in [0.2, 0.25) is 0 Å². The molecule has 1 rings (SSSR count). The van der Waals surface area contributed by atoms with E-state index in [0.29, 0.717) is 12.1 Å². The van der Waals surface area contributed by atoms with E-state index >= 15 is 0 Å². The predicted octanol–water partition coefficient (Wildman–Crippen LogP) is 4.71. The first-order valence-electron chi connectivity index (χ1n) is 6.26. The van der Waals surface area contributed by atoms with E-state index in [1.165, 1.54) is 0 Å². The maximum Gasteiger partial charge on any atom is 0.252 e. The SMILES string of the molecule is CCC(CC)(CNC(=O)c1cc(I)ccc1Br)SC. The van der Waals surface area contributed by atoms with E-state index in [9.17, 15) is 4.79 Å². The van der Waals surface area contributed by atoms with Gasteiger partial charge in [0.25, 0.3) is 5.91 Å². The summed E-state index contributed by atoms with van der Waals surface area (Å²) in [5, 5.41) is 3.07. The van der Waals surface area contributed by atoms with Gasteiger partial charge >= 0.3 is 0 Å². The van der Waals surface area contributed by atoms with Gasteiger partial charge in [0, 0.05) is 19.3 Å². The van der Waals surface area contributed by atoms with E-state index in [-0.39, 0.29) is 10.7 Å². The topological polar surface area (TPSA) is 29.1 Å². The highest BCUT2D eigenvalue weighted by atomic mass is 127. The fourth-order valence-electron chi connectivity index (χ4n) is 1.87. The van der Waals surface area contributed by atoms with Crippen molar-refractivity contribution >= 4 is 56.2 Å². The van der Waals surface area contributed by atoms with Gasteiger partial charge in [-0.05, 0) is 75.8 Å². The van der Waals surface area contributed by atoms with Gasteiger partial charge in [-0.25, -0.2) is 0 Å². The molecule has 0 heterocycles. The average molecular weight is 456 g/mol. The third kappa shape index (κ3) is 4.63. The van der Waals surface area contributed by atoms with Gasteiger partial charge in [0.05, 0.1) is 5.56 Å². The Morgan fingerprint density at radius 3 is 2.58 bits per heavy atom. The molecule has 19 heavy (non-hydrogen) atoms. The highest BCUT2D eigenvalue weighted by molar-refractivity contribution is 14.1. The zero-order valence-electron chi connectivity index (χ0n) is 11.4. The molecule has 0 aliphatic rings. The maximum absolute atomic E-state index is 12.3. The summed E-state index contributed by atoms with van der Waals surface area (Å²) in [7, 11) is 0. The molecule has 1 aromatic rings. The first-order chi connectivity index (χ1) is 8.98. The van der Waals surface area contributed by atoms with Gasteiger partial charge in [-0.2, -0.15) is 11.8 Å². The molecule has 0 aliphatic carbocycles. The summed E-state index contributed by atoms with van der Waals surface area (Å²) in [6.45, 7) is 5.05. The maximum atomic E-state index is 12.3. The summed E-state index contributed by atoms with van der Waals surface area (Å²) in [6, 6.07) is 5.79. The third-order valence-corrected chi connectivity index (χ3v) is 6.42. The van der Waals surface area contributed by atoms with Crippen molar-refractivity contribution in [3.05, 3.63) is 31.8 Å². The summed E-state index contributed by atoms with van der Waals surface area (Å²) >= 11 is 7.48. The van der Waals surface area contributed by atoms with Crippen LogP contribution in [0.25, 0.3) is 0 Å². The summed E-state index contributed by atoms with van der Waals surface area (Å²) in [5.41, 5.74) is 0.703. The van der Waals surface area contributed by atoms with Crippen molar-refractivity contribution in [3.63, 3.8) is 0 Å². The molecule has 0 saturated carbocycles. The molecular weight excluding hydrogens is 437 g/mol. The standard InChI is InChI=1S/C14H19BrINOS/c1-4-14(5-2,19-3)9-17-13(18)11-8-10(16)6-7-12(11)15/h6-8H,4-5,9H2,1-3H3,(H,17,18). The van der Waals surface area contributed by atoms with E-state index in [2.05, 4.69) is 63.9 Å². The largest absolute Gasteiger partial charge is 0.351 e. The van der Waals surface area contributed by atoms with Crippen molar-refractivity contribution in [1.82, 2.24) is 5.32 Å². The van der Waals surface area contributed by atoms with Gasteiger partial charge in [0.1, 0.15) is 0 Å². The number of carbonyl (C=O) groups is 1. The van der Waals surface area contributed by atoms with Crippen molar-refractivity contribution in [2.24, 2.45) is 0 Å². The smallest absolute Gasteiger partial charge is 0.252 e. The molecule has 0 unspecified atom stereocenters. The number of benzene rings is 1. The van der Waals surface area contributed by atoms with Crippen LogP contribution in [0.4, 0.5) is 0 Å². The van der Waals surface area contributed by atoms with E-state index in [4.69, 9.17) is 0 Å². The van der Waals surface area contributed by atoms with Crippen LogP contribution in [0, 0.1) is 3.57 Å². The minimum Gasteiger partial charge on any atom is -0.351 e. The zero-order chi connectivity index (χ0) is 14.5. The van der Waals surface area contributed by atoms with Gasteiger partial charge in [0.15, 0.2) is 0 Å². The van der Waals surface area contributed by atoms with Crippen molar-refractivity contribution in [1.29, 1.82) is 0 Å². The molecule has 5 heteroatoms. The molecule has 0 saturated heterocycles. The normalized spacial score (nSPS) is 11.4. The number of hydrogen-bond donors (Lipinski definition) is 1. The van der Waals surface area contributed by atoms with Gasteiger partial charge in [-0.3, -0.25) is 4.79 Å². The Morgan fingerprint density at radius 2 is 2.05 bits per heavy atom. The van der Waals surface area contributed by atoms with Crippen LogP contribution in [0.5, 0.6) is 0 Å². The van der Waals surface area contributed by atoms with Crippen LogP contribution in [-0.4, -0.2) is 23.5 Å². The summed E-state index contributed by atoms with van der Waals surface area (Å²) in [6.07, 6.45) is 4.22. The molecule has 2 nitrogen and oxygen atoms in total. The van der Waals surface area contributed by atoms with Crippen LogP contribution in [0.3, 0.4) is 0 Å². The number of nitrogens with one attached hydrogen (secondary N) is 1. The van der Waals surface area contributed by atoms with E-state index < -0.39 is 0 Å². The number of hydrogen-bond acceptors (Lipinski definition) is 2. The quantitative estimate of drug-likeness (QED) is 0.629. The second kappa shape index (κ2) is 7.88. The van der Waals surface area contributed by atoms with Crippen molar-refractivity contribution in [3.8, 4) is 0 Å². The number of thioether (sulfide) groups is 1. The van der Waals surface area contributed by atoms with Gasteiger partial charge < -0.3 is 5.32 Å². The molecule has 1 aromatic carbocycles. The van der Waals surface area contributed by atoms with Gasteiger partial charge in [-0.1, -0.05) is 13.8 Å². The van der Waals surface area contributed by atoms with Crippen molar-refractivity contribution in [2.45, 2.75) is 31.4 Å². The van der Waals surface area contributed by atoms with Crippen molar-refractivity contribution < 1.29 is 4.79 Å².